The lowest BCUT2D eigenvalue weighted by molar-refractivity contribution is -0.136. The minimum atomic E-state index is -1.40. The Morgan fingerprint density at radius 1 is 0.880 bits per heavy atom. The lowest BCUT2D eigenvalue weighted by Gasteiger charge is -2.12. The Labute approximate surface area is 140 Å². The number of anilines is 1. The summed E-state index contributed by atoms with van der Waals surface area (Å²) in [4.78, 5) is 34.2. The number of aromatic hydroxyl groups is 3. The molecule has 0 fully saturated rings. The average Bonchev–Trinajstić information content (AvgIpc) is 2.51. The van der Waals surface area contributed by atoms with Gasteiger partial charge in [0, 0.05) is 5.56 Å². The highest BCUT2D eigenvalue weighted by Gasteiger charge is 2.20. The van der Waals surface area contributed by atoms with E-state index in [2.05, 4.69) is 5.32 Å². The number of benzene rings is 2. The van der Waals surface area contributed by atoms with Crippen LogP contribution in [0.15, 0.2) is 30.3 Å². The van der Waals surface area contributed by atoms with E-state index in [1.54, 1.807) is 0 Å². The number of phenols is 3. The van der Waals surface area contributed by atoms with Gasteiger partial charge in [-0.2, -0.15) is 0 Å². The summed E-state index contributed by atoms with van der Waals surface area (Å²) in [6, 6.07) is 5.14. The number of carbonyl (C=O) groups excluding carboxylic acids is 1. The Morgan fingerprint density at radius 3 is 2.12 bits per heavy atom. The highest BCUT2D eigenvalue weighted by molar-refractivity contribution is 6.09. The van der Waals surface area contributed by atoms with Crippen LogP contribution in [0.4, 0.5) is 5.69 Å². The molecule has 0 heterocycles. The van der Waals surface area contributed by atoms with Gasteiger partial charge in [0.05, 0.1) is 23.2 Å². The van der Waals surface area contributed by atoms with Crippen molar-refractivity contribution in [1.82, 2.24) is 0 Å². The fourth-order valence-electron chi connectivity index (χ4n) is 2.16. The molecule has 9 heteroatoms. The Morgan fingerprint density at radius 2 is 1.52 bits per heavy atom. The van der Waals surface area contributed by atoms with Gasteiger partial charge < -0.3 is 30.8 Å². The number of hydrogen-bond donors (Lipinski definition) is 6. The predicted octanol–water partition coefficient (Wildman–Crippen LogP) is 1.38. The van der Waals surface area contributed by atoms with Crippen molar-refractivity contribution in [3.05, 3.63) is 47.0 Å². The SMILES string of the molecule is O=C(O)Cc1cc(O)cc(C(=O)Nc2ccc(O)cc2C(=O)O)c1O. The Balaban J connectivity index is 2.41. The molecule has 9 nitrogen and oxygen atoms in total. The van der Waals surface area contributed by atoms with E-state index < -0.39 is 46.9 Å². The maximum Gasteiger partial charge on any atom is 0.337 e. The van der Waals surface area contributed by atoms with Crippen LogP contribution in [0.5, 0.6) is 17.2 Å². The smallest absolute Gasteiger partial charge is 0.337 e. The van der Waals surface area contributed by atoms with Gasteiger partial charge in [-0.25, -0.2) is 4.79 Å². The number of amides is 1. The number of nitrogens with one attached hydrogen (secondary N) is 1. The largest absolute Gasteiger partial charge is 0.508 e. The molecular weight excluding hydrogens is 334 g/mol. The molecule has 0 aliphatic carbocycles. The fraction of sp³-hybridized carbons (Fsp3) is 0.0625. The first kappa shape index (κ1) is 17.6. The summed E-state index contributed by atoms with van der Waals surface area (Å²) in [5.74, 6) is -5.05. The lowest BCUT2D eigenvalue weighted by atomic mass is 10.0. The molecule has 0 aliphatic heterocycles. The third-order valence-electron chi connectivity index (χ3n) is 3.24. The van der Waals surface area contributed by atoms with Crippen molar-refractivity contribution in [2.24, 2.45) is 0 Å². The van der Waals surface area contributed by atoms with Gasteiger partial charge in [0.25, 0.3) is 5.91 Å². The van der Waals surface area contributed by atoms with Crippen molar-refractivity contribution >= 4 is 23.5 Å². The average molecular weight is 347 g/mol. The monoisotopic (exact) mass is 347 g/mol. The van der Waals surface area contributed by atoms with E-state index >= 15 is 0 Å². The van der Waals surface area contributed by atoms with Crippen LogP contribution < -0.4 is 5.32 Å². The van der Waals surface area contributed by atoms with Gasteiger partial charge in [-0.15, -0.1) is 0 Å². The molecule has 0 bridgehead atoms. The summed E-state index contributed by atoms with van der Waals surface area (Å²) in [5.41, 5.74) is -1.15. The zero-order valence-electron chi connectivity index (χ0n) is 12.6. The van der Waals surface area contributed by atoms with Crippen LogP contribution in [-0.2, 0) is 11.2 Å². The number of aromatic carboxylic acids is 1. The van der Waals surface area contributed by atoms with Crippen LogP contribution in [0.1, 0.15) is 26.3 Å². The van der Waals surface area contributed by atoms with Gasteiger partial charge in [-0.3, -0.25) is 9.59 Å². The minimum absolute atomic E-state index is 0.155. The molecule has 2 rings (SSSR count). The second-order valence-corrected chi connectivity index (χ2v) is 5.06. The number of aliphatic carboxylic acids is 1. The number of carboxylic acid groups (broad SMARTS) is 2. The van der Waals surface area contributed by atoms with E-state index in [-0.39, 0.29) is 17.0 Å². The molecule has 0 unspecified atom stereocenters. The van der Waals surface area contributed by atoms with Gasteiger partial charge in [-0.05, 0) is 30.3 Å². The minimum Gasteiger partial charge on any atom is -0.508 e. The van der Waals surface area contributed by atoms with Gasteiger partial charge in [0.2, 0.25) is 0 Å². The first-order chi connectivity index (χ1) is 11.7. The molecule has 0 aliphatic rings. The van der Waals surface area contributed by atoms with Gasteiger partial charge in [0.15, 0.2) is 0 Å². The lowest BCUT2D eigenvalue weighted by Crippen LogP contribution is -2.15. The Hall–Kier alpha value is -3.75. The second kappa shape index (κ2) is 6.79. The van der Waals surface area contributed by atoms with Crippen molar-refractivity contribution in [2.75, 3.05) is 5.32 Å². The van der Waals surface area contributed by atoms with E-state index in [9.17, 15) is 29.7 Å². The van der Waals surface area contributed by atoms with Gasteiger partial charge in [-0.1, -0.05) is 0 Å². The van der Waals surface area contributed by atoms with Crippen LogP contribution in [0.25, 0.3) is 0 Å². The molecule has 2 aromatic carbocycles. The quantitative estimate of drug-likeness (QED) is 0.441. The molecule has 0 atom stereocenters. The molecule has 0 aromatic heterocycles. The fourth-order valence-corrected chi connectivity index (χ4v) is 2.16. The topological polar surface area (TPSA) is 164 Å². The maximum atomic E-state index is 12.3. The maximum absolute atomic E-state index is 12.3. The Kier molecular flexibility index (Phi) is 4.78. The van der Waals surface area contributed by atoms with Crippen LogP contribution in [0.3, 0.4) is 0 Å². The highest BCUT2D eigenvalue weighted by Crippen LogP contribution is 2.30. The summed E-state index contributed by atoms with van der Waals surface area (Å²) in [7, 11) is 0. The molecule has 6 N–H and O–H groups in total. The third-order valence-corrected chi connectivity index (χ3v) is 3.24. The van der Waals surface area contributed by atoms with Crippen molar-refractivity contribution in [3.63, 3.8) is 0 Å². The first-order valence-corrected chi connectivity index (χ1v) is 6.83. The number of phenolic OH excluding ortho intramolecular Hbond substituents is 3. The molecule has 0 radical (unpaired) electrons. The van der Waals surface area contributed by atoms with Crippen LogP contribution >= 0.6 is 0 Å². The summed E-state index contributed by atoms with van der Waals surface area (Å²) < 4.78 is 0. The zero-order valence-corrected chi connectivity index (χ0v) is 12.6. The number of rotatable bonds is 5. The number of carbonyl (C=O) groups is 3. The van der Waals surface area contributed by atoms with E-state index in [0.29, 0.717) is 0 Å². The summed E-state index contributed by atoms with van der Waals surface area (Å²) in [5, 5.41) is 49.1. The number of hydrogen-bond acceptors (Lipinski definition) is 6. The second-order valence-electron chi connectivity index (χ2n) is 5.06. The predicted molar refractivity (Wildman–Crippen MR) is 84.1 cm³/mol. The number of carboxylic acids is 2. The summed E-state index contributed by atoms with van der Waals surface area (Å²) >= 11 is 0. The summed E-state index contributed by atoms with van der Waals surface area (Å²) in [6.07, 6.45) is -0.625. The van der Waals surface area contributed by atoms with Crippen LogP contribution in [-0.4, -0.2) is 43.4 Å². The molecular formula is C16H13NO8. The van der Waals surface area contributed by atoms with Crippen molar-refractivity contribution in [1.29, 1.82) is 0 Å². The van der Waals surface area contributed by atoms with Crippen LogP contribution in [0, 0.1) is 0 Å². The van der Waals surface area contributed by atoms with Crippen molar-refractivity contribution in [3.8, 4) is 17.2 Å². The zero-order chi connectivity index (χ0) is 18.7. The highest BCUT2D eigenvalue weighted by atomic mass is 16.4. The van der Waals surface area contributed by atoms with E-state index in [0.717, 1.165) is 30.3 Å². The van der Waals surface area contributed by atoms with E-state index in [4.69, 9.17) is 10.2 Å². The third kappa shape index (κ3) is 3.96. The van der Waals surface area contributed by atoms with Gasteiger partial charge in [0.1, 0.15) is 17.2 Å². The first-order valence-electron chi connectivity index (χ1n) is 6.83. The van der Waals surface area contributed by atoms with E-state index in [1.165, 1.54) is 0 Å². The molecule has 2 aromatic rings. The molecule has 1 amide bonds. The molecule has 130 valence electrons. The summed E-state index contributed by atoms with van der Waals surface area (Å²) in [6.45, 7) is 0. The van der Waals surface area contributed by atoms with Crippen LogP contribution in [0.2, 0.25) is 0 Å². The van der Waals surface area contributed by atoms with Crippen molar-refractivity contribution < 1.29 is 39.9 Å². The molecule has 25 heavy (non-hydrogen) atoms. The van der Waals surface area contributed by atoms with Crippen molar-refractivity contribution in [2.45, 2.75) is 6.42 Å². The molecule has 0 saturated carbocycles. The normalized spacial score (nSPS) is 10.2. The Bertz CT molecular complexity index is 875. The standard InChI is InChI=1S/C16H13NO8/c18-8-1-2-12(10(5-8)16(24)25)17-15(23)11-6-9(19)3-7(14(11)22)4-13(20)21/h1-3,5-6,18-19,22H,4H2,(H,17,23)(H,20,21)(H,24,25). The molecule has 0 spiro atoms. The van der Waals surface area contributed by atoms with E-state index in [1.807, 2.05) is 0 Å². The molecule has 0 saturated heterocycles. The van der Waals surface area contributed by atoms with Gasteiger partial charge >= 0.3 is 11.9 Å².